The van der Waals surface area contributed by atoms with Gasteiger partial charge in [0, 0.05) is 11.4 Å². The van der Waals surface area contributed by atoms with E-state index in [0.717, 1.165) is 35.6 Å². The molecule has 7 heteroatoms. The van der Waals surface area contributed by atoms with E-state index in [4.69, 9.17) is 9.68 Å². The second kappa shape index (κ2) is 9.36. The summed E-state index contributed by atoms with van der Waals surface area (Å²) in [6.07, 6.45) is 2.94. The Balaban J connectivity index is 1.80. The van der Waals surface area contributed by atoms with Gasteiger partial charge in [-0.05, 0) is 51.0 Å². The van der Waals surface area contributed by atoms with E-state index in [0.29, 0.717) is 12.3 Å². The van der Waals surface area contributed by atoms with E-state index >= 15 is 0 Å². The number of hydrogen-bond acceptors (Lipinski definition) is 7. The Kier molecular flexibility index (Phi) is 6.88. The Labute approximate surface area is 147 Å². The summed E-state index contributed by atoms with van der Waals surface area (Å²) in [5.74, 6) is 0.0760. The standard InChI is InChI=1S/C18H22N4O3/c1-13-9-10-18(23)17(20-13)12-19-25-11-5-7-15-6-4-8-16(21-15)14(2)22-24-3/h4,6,8-10,12,23H,5,7,11H2,1-3H3/b19-12+,22-14+. The number of hydrogen-bond donors (Lipinski definition) is 1. The van der Waals surface area contributed by atoms with Crippen LogP contribution in [0.3, 0.4) is 0 Å². The molecule has 0 saturated heterocycles. The largest absolute Gasteiger partial charge is 0.506 e. The first-order valence-electron chi connectivity index (χ1n) is 7.96. The van der Waals surface area contributed by atoms with E-state index in [-0.39, 0.29) is 5.75 Å². The number of aromatic hydroxyl groups is 1. The summed E-state index contributed by atoms with van der Waals surface area (Å²) in [4.78, 5) is 18.7. The Bertz CT molecular complexity index is 760. The SMILES string of the molecule is CO/N=C(\C)c1cccc(CCCO/N=C/c2nc(C)ccc2O)n1. The molecule has 0 amide bonds. The zero-order valence-corrected chi connectivity index (χ0v) is 14.6. The van der Waals surface area contributed by atoms with E-state index in [1.165, 1.54) is 13.3 Å². The van der Waals surface area contributed by atoms with Crippen LogP contribution in [0.25, 0.3) is 0 Å². The highest BCUT2D eigenvalue weighted by molar-refractivity contribution is 5.96. The highest BCUT2D eigenvalue weighted by Gasteiger charge is 2.03. The van der Waals surface area contributed by atoms with Crippen LogP contribution in [0, 0.1) is 6.92 Å². The van der Waals surface area contributed by atoms with Gasteiger partial charge in [-0.25, -0.2) is 4.98 Å². The number of aryl methyl sites for hydroxylation is 2. The molecule has 2 aromatic rings. The van der Waals surface area contributed by atoms with Gasteiger partial charge in [0.2, 0.25) is 0 Å². The summed E-state index contributed by atoms with van der Waals surface area (Å²) in [5, 5.41) is 17.4. The Morgan fingerprint density at radius 2 is 2.08 bits per heavy atom. The van der Waals surface area contributed by atoms with Crippen molar-refractivity contribution in [3.05, 3.63) is 53.1 Å². The number of pyridine rings is 2. The van der Waals surface area contributed by atoms with Crippen molar-refractivity contribution in [1.82, 2.24) is 9.97 Å². The molecule has 0 aliphatic rings. The molecule has 0 radical (unpaired) electrons. The fourth-order valence-electron chi connectivity index (χ4n) is 2.13. The van der Waals surface area contributed by atoms with Gasteiger partial charge in [0.1, 0.15) is 30.9 Å². The minimum atomic E-state index is 0.0760. The van der Waals surface area contributed by atoms with Gasteiger partial charge in [-0.3, -0.25) is 4.98 Å². The average molecular weight is 342 g/mol. The van der Waals surface area contributed by atoms with E-state index in [9.17, 15) is 5.11 Å². The van der Waals surface area contributed by atoms with Gasteiger partial charge >= 0.3 is 0 Å². The lowest BCUT2D eigenvalue weighted by Crippen LogP contribution is -2.03. The Hall–Kier alpha value is -2.96. The van der Waals surface area contributed by atoms with Gasteiger partial charge in [0.15, 0.2) is 0 Å². The highest BCUT2D eigenvalue weighted by atomic mass is 16.6. The van der Waals surface area contributed by atoms with Gasteiger partial charge in [-0.1, -0.05) is 16.4 Å². The predicted octanol–water partition coefficient (Wildman–Crippen LogP) is 2.84. The van der Waals surface area contributed by atoms with Crippen LogP contribution in [0.5, 0.6) is 5.75 Å². The molecule has 0 spiro atoms. The maximum Gasteiger partial charge on any atom is 0.142 e. The summed E-state index contributed by atoms with van der Waals surface area (Å²) in [6, 6.07) is 9.10. The quantitative estimate of drug-likeness (QED) is 0.453. The summed E-state index contributed by atoms with van der Waals surface area (Å²) in [7, 11) is 1.51. The van der Waals surface area contributed by atoms with E-state index in [1.807, 2.05) is 32.0 Å². The van der Waals surface area contributed by atoms with E-state index < -0.39 is 0 Å². The molecule has 7 nitrogen and oxygen atoms in total. The first kappa shape index (κ1) is 18.4. The van der Waals surface area contributed by atoms with Crippen molar-refractivity contribution < 1.29 is 14.8 Å². The zero-order chi connectivity index (χ0) is 18.1. The smallest absolute Gasteiger partial charge is 0.142 e. The fourth-order valence-corrected chi connectivity index (χ4v) is 2.13. The van der Waals surface area contributed by atoms with Gasteiger partial charge in [-0.2, -0.15) is 0 Å². The first-order valence-corrected chi connectivity index (χ1v) is 7.96. The molecule has 0 aliphatic heterocycles. The van der Waals surface area contributed by atoms with Crippen molar-refractivity contribution in [3.63, 3.8) is 0 Å². The third-order valence-corrected chi connectivity index (χ3v) is 3.37. The molecule has 2 aromatic heterocycles. The molecule has 0 bridgehead atoms. The molecule has 0 fully saturated rings. The van der Waals surface area contributed by atoms with E-state index in [2.05, 4.69) is 20.3 Å². The number of oxime groups is 2. The molecule has 0 unspecified atom stereocenters. The lowest BCUT2D eigenvalue weighted by molar-refractivity contribution is 0.143. The van der Waals surface area contributed by atoms with Crippen LogP contribution in [0.4, 0.5) is 0 Å². The van der Waals surface area contributed by atoms with Crippen LogP contribution in [0.15, 0.2) is 40.6 Å². The number of aromatic nitrogens is 2. The predicted molar refractivity (Wildman–Crippen MR) is 96.0 cm³/mol. The Morgan fingerprint density at radius 1 is 1.24 bits per heavy atom. The molecule has 0 aliphatic carbocycles. The van der Waals surface area contributed by atoms with Gasteiger partial charge in [-0.15, -0.1) is 0 Å². The van der Waals surface area contributed by atoms with Crippen molar-refractivity contribution in [1.29, 1.82) is 0 Å². The molecule has 2 heterocycles. The topological polar surface area (TPSA) is 89.2 Å². The Morgan fingerprint density at radius 3 is 2.88 bits per heavy atom. The van der Waals surface area contributed by atoms with Crippen molar-refractivity contribution in [2.75, 3.05) is 13.7 Å². The van der Waals surface area contributed by atoms with Crippen molar-refractivity contribution in [2.24, 2.45) is 10.3 Å². The van der Waals surface area contributed by atoms with Gasteiger partial charge in [0.05, 0.1) is 11.9 Å². The molecule has 132 valence electrons. The van der Waals surface area contributed by atoms with Crippen LogP contribution < -0.4 is 0 Å². The molecule has 25 heavy (non-hydrogen) atoms. The van der Waals surface area contributed by atoms with Crippen LogP contribution in [-0.2, 0) is 16.1 Å². The maximum absolute atomic E-state index is 9.66. The normalized spacial score (nSPS) is 11.7. The summed E-state index contributed by atoms with van der Waals surface area (Å²) in [6.45, 7) is 4.14. The minimum absolute atomic E-state index is 0.0760. The third-order valence-electron chi connectivity index (χ3n) is 3.37. The summed E-state index contributed by atoms with van der Waals surface area (Å²) >= 11 is 0. The van der Waals surface area contributed by atoms with E-state index in [1.54, 1.807) is 12.1 Å². The second-order valence-corrected chi connectivity index (χ2v) is 5.40. The van der Waals surface area contributed by atoms with Crippen LogP contribution in [-0.4, -0.2) is 40.7 Å². The second-order valence-electron chi connectivity index (χ2n) is 5.40. The fraction of sp³-hybridized carbons (Fsp3) is 0.333. The third kappa shape index (κ3) is 5.87. The van der Waals surface area contributed by atoms with Crippen LogP contribution in [0.1, 0.15) is 36.1 Å². The van der Waals surface area contributed by atoms with Gasteiger partial charge < -0.3 is 14.8 Å². The monoisotopic (exact) mass is 342 g/mol. The zero-order valence-electron chi connectivity index (χ0n) is 14.6. The lowest BCUT2D eigenvalue weighted by Gasteiger charge is -2.04. The van der Waals surface area contributed by atoms with Crippen LogP contribution in [0.2, 0.25) is 0 Å². The van der Waals surface area contributed by atoms with Gasteiger partial charge in [0.25, 0.3) is 0 Å². The maximum atomic E-state index is 9.66. The molecular weight excluding hydrogens is 320 g/mol. The molecule has 1 N–H and O–H groups in total. The minimum Gasteiger partial charge on any atom is -0.506 e. The van der Waals surface area contributed by atoms with Crippen LogP contribution >= 0.6 is 0 Å². The van der Waals surface area contributed by atoms with Crippen molar-refractivity contribution in [2.45, 2.75) is 26.7 Å². The molecular formula is C18H22N4O3. The molecule has 0 aromatic carbocycles. The van der Waals surface area contributed by atoms with Crippen molar-refractivity contribution in [3.8, 4) is 5.75 Å². The lowest BCUT2D eigenvalue weighted by atomic mass is 10.2. The average Bonchev–Trinajstić information content (AvgIpc) is 2.61. The molecule has 0 saturated carbocycles. The summed E-state index contributed by atoms with van der Waals surface area (Å²) in [5.41, 5.74) is 3.67. The molecule has 0 atom stereocenters. The molecule has 2 rings (SSSR count). The number of rotatable bonds is 8. The first-order chi connectivity index (χ1) is 12.1. The summed E-state index contributed by atoms with van der Waals surface area (Å²) < 4.78 is 0. The highest BCUT2D eigenvalue weighted by Crippen LogP contribution is 2.12. The number of nitrogens with zero attached hydrogens (tertiary/aromatic N) is 4. The van der Waals surface area contributed by atoms with Crippen molar-refractivity contribution >= 4 is 11.9 Å².